The van der Waals surface area contributed by atoms with Crippen LogP contribution in [0.2, 0.25) is 0 Å². The van der Waals surface area contributed by atoms with Crippen molar-refractivity contribution in [3.63, 3.8) is 0 Å². The van der Waals surface area contributed by atoms with Gasteiger partial charge in [0, 0.05) is 0 Å². The fraction of sp³-hybridized carbons (Fsp3) is 0.929. The Morgan fingerprint density at radius 1 is 1.12 bits per heavy atom. The van der Waals surface area contributed by atoms with Crippen LogP contribution in [0.3, 0.4) is 0 Å². The van der Waals surface area contributed by atoms with Crippen LogP contribution in [0.15, 0.2) is 0 Å². The zero-order valence-electron chi connectivity index (χ0n) is 12.1. The third-order valence-electron chi connectivity index (χ3n) is 3.14. The number of unbranched alkanes of at least 4 members (excludes halogenated alkanes) is 1. The van der Waals surface area contributed by atoms with Crippen molar-refractivity contribution in [3.8, 4) is 0 Å². The number of nitrogens with zero attached hydrogens (tertiary/aromatic N) is 1. The van der Waals surface area contributed by atoms with Crippen LogP contribution in [0, 0.1) is 0 Å². The molecule has 1 N–H and O–H groups in total. The van der Waals surface area contributed by atoms with E-state index in [0.29, 0.717) is 0 Å². The van der Waals surface area contributed by atoms with Gasteiger partial charge in [0.2, 0.25) is 0 Å². The van der Waals surface area contributed by atoms with Crippen LogP contribution >= 0.6 is 0 Å². The Morgan fingerprint density at radius 3 is 2.12 bits per heavy atom. The predicted molar refractivity (Wildman–Crippen MR) is 74.4 cm³/mol. The third kappa shape index (κ3) is 8.33. The minimum Gasteiger partial charge on any atom is -0.311 e. The van der Waals surface area contributed by atoms with Crippen LogP contribution in [0.25, 0.3) is 0 Å². The highest BCUT2D eigenvalue weighted by molar-refractivity contribution is 5.81. The molecule has 0 unspecified atom stereocenters. The Bertz CT molecular complexity index is 189. The summed E-state index contributed by atoms with van der Waals surface area (Å²) in [6.45, 7) is 9.72. The number of ketones is 1. The monoisotopic (exact) mass is 242 g/mol. The summed E-state index contributed by atoms with van der Waals surface area (Å²) >= 11 is 0. The van der Waals surface area contributed by atoms with Crippen molar-refractivity contribution in [1.82, 2.24) is 10.2 Å². The quantitative estimate of drug-likeness (QED) is 0.565. The maximum atomic E-state index is 11.2. The van der Waals surface area contributed by atoms with Crippen LogP contribution < -0.4 is 5.32 Å². The molecule has 0 bridgehead atoms. The molecule has 1 atom stereocenters. The summed E-state index contributed by atoms with van der Waals surface area (Å²) in [5, 5.41) is 3.08. The number of hydrogen-bond acceptors (Lipinski definition) is 3. The van der Waals surface area contributed by atoms with E-state index in [0.717, 1.165) is 12.8 Å². The molecule has 0 fully saturated rings. The Kier molecular flexibility index (Phi) is 10.5. The van der Waals surface area contributed by atoms with E-state index in [2.05, 4.69) is 24.1 Å². The molecule has 0 amide bonds. The molecule has 0 saturated heterocycles. The van der Waals surface area contributed by atoms with Gasteiger partial charge in [-0.05, 0) is 59.3 Å². The van der Waals surface area contributed by atoms with Gasteiger partial charge in [0.25, 0.3) is 0 Å². The molecule has 0 aromatic carbocycles. The number of Topliss-reactive ketones (excluding diaryl/α,β-unsaturated/α-hetero) is 1. The molecule has 0 heterocycles. The summed E-state index contributed by atoms with van der Waals surface area (Å²) in [4.78, 5) is 13.8. The number of carbonyl (C=O) groups excluding carboxylic acids is 1. The fourth-order valence-corrected chi connectivity index (χ4v) is 2.20. The molecule has 0 aliphatic carbocycles. The van der Waals surface area contributed by atoms with Crippen molar-refractivity contribution < 1.29 is 4.79 Å². The number of rotatable bonds is 11. The number of carbonyl (C=O) groups is 1. The van der Waals surface area contributed by atoms with Gasteiger partial charge in [-0.25, -0.2) is 0 Å². The van der Waals surface area contributed by atoms with Gasteiger partial charge >= 0.3 is 0 Å². The molecule has 0 spiro atoms. The first-order valence-electron chi connectivity index (χ1n) is 7.05. The van der Waals surface area contributed by atoms with Gasteiger partial charge in [0.05, 0.1) is 6.04 Å². The average Bonchev–Trinajstić information content (AvgIpc) is 2.29. The zero-order chi connectivity index (χ0) is 13.1. The Labute approximate surface area is 107 Å². The van der Waals surface area contributed by atoms with E-state index in [-0.39, 0.29) is 11.8 Å². The second-order valence-corrected chi connectivity index (χ2v) is 4.79. The molecule has 0 aromatic rings. The van der Waals surface area contributed by atoms with Gasteiger partial charge in [0.1, 0.15) is 5.78 Å². The maximum Gasteiger partial charge on any atom is 0.146 e. The van der Waals surface area contributed by atoms with E-state index >= 15 is 0 Å². The minimum absolute atomic E-state index is 0.0563. The van der Waals surface area contributed by atoms with Crippen molar-refractivity contribution in [2.45, 2.75) is 58.9 Å². The zero-order valence-corrected chi connectivity index (χ0v) is 12.1. The average molecular weight is 242 g/mol. The van der Waals surface area contributed by atoms with Gasteiger partial charge in [-0.3, -0.25) is 4.79 Å². The standard InChI is InChI=1S/C14H30N2O/c1-5-10-16(11-6-2)12-8-7-9-14(15-4)13(3)17/h14-15H,5-12H2,1-4H3/t14-/m0/s1. The van der Waals surface area contributed by atoms with Crippen molar-refractivity contribution in [3.05, 3.63) is 0 Å². The van der Waals surface area contributed by atoms with Crippen LogP contribution in [-0.4, -0.2) is 43.4 Å². The van der Waals surface area contributed by atoms with E-state index in [1.165, 1.54) is 38.9 Å². The van der Waals surface area contributed by atoms with Gasteiger partial charge in [0.15, 0.2) is 0 Å². The molecular formula is C14H30N2O. The summed E-state index contributed by atoms with van der Waals surface area (Å²) in [6, 6.07) is 0.0563. The second kappa shape index (κ2) is 10.7. The topological polar surface area (TPSA) is 32.3 Å². The smallest absolute Gasteiger partial charge is 0.146 e. The van der Waals surface area contributed by atoms with Crippen LogP contribution in [-0.2, 0) is 4.79 Å². The van der Waals surface area contributed by atoms with Crippen molar-refractivity contribution in [2.75, 3.05) is 26.7 Å². The first-order valence-corrected chi connectivity index (χ1v) is 7.05. The molecule has 17 heavy (non-hydrogen) atoms. The summed E-state index contributed by atoms with van der Waals surface area (Å²) in [5.41, 5.74) is 0. The van der Waals surface area contributed by atoms with Gasteiger partial charge in [-0.2, -0.15) is 0 Å². The number of nitrogens with one attached hydrogen (secondary N) is 1. The van der Waals surface area contributed by atoms with Crippen molar-refractivity contribution >= 4 is 5.78 Å². The number of likely N-dealkylation sites (N-methyl/N-ethyl adjacent to an activating group) is 1. The molecule has 0 rings (SSSR count). The fourth-order valence-electron chi connectivity index (χ4n) is 2.20. The Hall–Kier alpha value is -0.410. The van der Waals surface area contributed by atoms with E-state index in [1.807, 2.05) is 7.05 Å². The minimum atomic E-state index is 0.0563. The highest BCUT2D eigenvalue weighted by Crippen LogP contribution is 2.04. The largest absolute Gasteiger partial charge is 0.311 e. The molecule has 0 aliphatic heterocycles. The SMILES string of the molecule is CCCN(CCC)CCCC[C@H](NC)C(C)=O. The van der Waals surface area contributed by atoms with E-state index in [4.69, 9.17) is 0 Å². The molecule has 0 aliphatic rings. The third-order valence-corrected chi connectivity index (χ3v) is 3.14. The maximum absolute atomic E-state index is 11.2. The Balaban J connectivity index is 3.69. The van der Waals surface area contributed by atoms with Crippen LogP contribution in [0.1, 0.15) is 52.9 Å². The Morgan fingerprint density at radius 2 is 1.71 bits per heavy atom. The van der Waals surface area contributed by atoms with Crippen LogP contribution in [0.5, 0.6) is 0 Å². The lowest BCUT2D eigenvalue weighted by atomic mass is 10.1. The molecule has 102 valence electrons. The number of hydrogen-bond donors (Lipinski definition) is 1. The molecule has 3 heteroatoms. The van der Waals surface area contributed by atoms with Crippen molar-refractivity contribution in [2.24, 2.45) is 0 Å². The van der Waals surface area contributed by atoms with E-state index < -0.39 is 0 Å². The van der Waals surface area contributed by atoms with Crippen molar-refractivity contribution in [1.29, 1.82) is 0 Å². The van der Waals surface area contributed by atoms with Gasteiger partial charge < -0.3 is 10.2 Å². The van der Waals surface area contributed by atoms with Gasteiger partial charge in [-0.1, -0.05) is 20.3 Å². The van der Waals surface area contributed by atoms with E-state index in [9.17, 15) is 4.79 Å². The molecule has 0 saturated carbocycles. The van der Waals surface area contributed by atoms with E-state index in [1.54, 1.807) is 6.92 Å². The highest BCUT2D eigenvalue weighted by Gasteiger charge is 2.10. The summed E-state index contributed by atoms with van der Waals surface area (Å²) in [7, 11) is 1.87. The lowest BCUT2D eigenvalue weighted by molar-refractivity contribution is -0.119. The lowest BCUT2D eigenvalue weighted by Crippen LogP contribution is -2.32. The summed E-state index contributed by atoms with van der Waals surface area (Å²) in [6.07, 6.45) is 5.76. The molecule has 0 aromatic heterocycles. The first kappa shape index (κ1) is 16.6. The molecule has 3 nitrogen and oxygen atoms in total. The van der Waals surface area contributed by atoms with Crippen LogP contribution in [0.4, 0.5) is 0 Å². The summed E-state index contributed by atoms with van der Waals surface area (Å²) in [5.74, 6) is 0.256. The second-order valence-electron chi connectivity index (χ2n) is 4.79. The highest BCUT2D eigenvalue weighted by atomic mass is 16.1. The predicted octanol–water partition coefficient (Wildman–Crippen LogP) is 2.46. The first-order chi connectivity index (χ1) is 8.15. The summed E-state index contributed by atoms with van der Waals surface area (Å²) < 4.78 is 0. The molecular weight excluding hydrogens is 212 g/mol. The molecule has 0 radical (unpaired) electrons. The van der Waals surface area contributed by atoms with Gasteiger partial charge in [-0.15, -0.1) is 0 Å². The normalized spacial score (nSPS) is 13.0. The lowest BCUT2D eigenvalue weighted by Gasteiger charge is -2.21.